The molecule has 0 aromatic carbocycles. The van der Waals surface area contributed by atoms with Crippen molar-refractivity contribution in [2.75, 3.05) is 7.11 Å². The van der Waals surface area contributed by atoms with Gasteiger partial charge in [-0.1, -0.05) is 0 Å². The highest BCUT2D eigenvalue weighted by molar-refractivity contribution is 7.89. The first-order valence-electron chi connectivity index (χ1n) is 3.82. The minimum absolute atomic E-state index is 0.299. The molecule has 5 nitrogen and oxygen atoms in total. The number of alkyl halides is 2. The third kappa shape index (κ3) is 2.42. The number of hydrogen-bond donors (Lipinski definition) is 1. The van der Waals surface area contributed by atoms with E-state index in [9.17, 15) is 21.6 Å². The lowest BCUT2D eigenvalue weighted by atomic mass is 10.3. The van der Waals surface area contributed by atoms with Crippen LogP contribution in [0, 0.1) is 5.82 Å². The standard InChI is InChI=1S/C7H7F3N2O3S/c1-15-7-5(16(11,13)14)3(8)2-4(12-7)6(9)10/h2,6H,1H3,(H2,11,13,14). The lowest BCUT2D eigenvalue weighted by molar-refractivity contribution is 0.144. The molecule has 0 aliphatic carbocycles. The molecule has 0 aliphatic rings. The zero-order valence-corrected chi connectivity index (χ0v) is 8.76. The Bertz CT molecular complexity index is 504. The highest BCUT2D eigenvalue weighted by Crippen LogP contribution is 2.27. The number of methoxy groups -OCH3 is 1. The van der Waals surface area contributed by atoms with Crippen molar-refractivity contribution in [1.82, 2.24) is 4.98 Å². The van der Waals surface area contributed by atoms with Crippen LogP contribution in [0.3, 0.4) is 0 Å². The lowest BCUT2D eigenvalue weighted by Gasteiger charge is -2.08. The van der Waals surface area contributed by atoms with Crippen LogP contribution < -0.4 is 9.88 Å². The van der Waals surface area contributed by atoms with E-state index in [4.69, 9.17) is 0 Å². The normalized spacial score (nSPS) is 11.9. The average molecular weight is 256 g/mol. The van der Waals surface area contributed by atoms with E-state index in [-0.39, 0.29) is 0 Å². The molecule has 1 heterocycles. The van der Waals surface area contributed by atoms with Crippen molar-refractivity contribution in [3.63, 3.8) is 0 Å². The summed E-state index contributed by atoms with van der Waals surface area (Å²) in [4.78, 5) is 2.10. The molecule has 1 aromatic rings. The minimum atomic E-state index is -4.43. The van der Waals surface area contributed by atoms with Crippen molar-refractivity contribution >= 4 is 10.0 Å². The summed E-state index contributed by atoms with van der Waals surface area (Å²) in [5, 5.41) is 4.68. The number of primary sulfonamides is 1. The van der Waals surface area contributed by atoms with Gasteiger partial charge >= 0.3 is 0 Å². The minimum Gasteiger partial charge on any atom is -0.480 e. The first-order valence-corrected chi connectivity index (χ1v) is 5.37. The quantitative estimate of drug-likeness (QED) is 0.867. The molecule has 0 saturated carbocycles. The molecular formula is C7H7F3N2O3S. The predicted molar refractivity (Wildman–Crippen MR) is 47.1 cm³/mol. The van der Waals surface area contributed by atoms with E-state index in [1.165, 1.54) is 0 Å². The fraction of sp³-hybridized carbons (Fsp3) is 0.286. The number of pyridine rings is 1. The Kier molecular flexibility index (Phi) is 3.38. The van der Waals surface area contributed by atoms with Gasteiger partial charge in [-0.25, -0.2) is 31.7 Å². The maximum absolute atomic E-state index is 13.2. The summed E-state index contributed by atoms with van der Waals surface area (Å²) < 4.78 is 64.0. The van der Waals surface area contributed by atoms with Crippen LogP contribution >= 0.6 is 0 Å². The first-order chi connectivity index (χ1) is 7.27. The van der Waals surface area contributed by atoms with E-state index in [2.05, 4.69) is 14.9 Å². The molecule has 0 saturated heterocycles. The van der Waals surface area contributed by atoms with Gasteiger partial charge in [0.25, 0.3) is 6.43 Å². The largest absolute Gasteiger partial charge is 0.480 e. The molecule has 0 unspecified atom stereocenters. The highest BCUT2D eigenvalue weighted by atomic mass is 32.2. The zero-order chi connectivity index (χ0) is 12.5. The van der Waals surface area contributed by atoms with Crippen LogP contribution in [0.4, 0.5) is 13.2 Å². The van der Waals surface area contributed by atoms with Crippen LogP contribution in [-0.4, -0.2) is 20.5 Å². The van der Waals surface area contributed by atoms with E-state index in [0.717, 1.165) is 7.11 Å². The molecule has 1 rings (SSSR count). The molecular weight excluding hydrogens is 249 g/mol. The smallest absolute Gasteiger partial charge is 0.280 e. The highest BCUT2D eigenvalue weighted by Gasteiger charge is 2.25. The molecule has 0 radical (unpaired) electrons. The molecule has 0 atom stereocenters. The SMILES string of the molecule is COc1nc(C(F)F)cc(F)c1S(N)(=O)=O. The summed E-state index contributed by atoms with van der Waals surface area (Å²) in [6, 6.07) is 0.299. The average Bonchev–Trinajstić information content (AvgIpc) is 2.14. The summed E-state index contributed by atoms with van der Waals surface area (Å²) in [5.74, 6) is -2.22. The first kappa shape index (κ1) is 12.7. The maximum atomic E-state index is 13.2. The summed E-state index contributed by atoms with van der Waals surface area (Å²) >= 11 is 0. The summed E-state index contributed by atoms with van der Waals surface area (Å²) in [7, 11) is -3.46. The van der Waals surface area contributed by atoms with Gasteiger partial charge in [0.05, 0.1) is 7.11 Å². The number of sulfonamides is 1. The van der Waals surface area contributed by atoms with Crippen LogP contribution in [0.25, 0.3) is 0 Å². The van der Waals surface area contributed by atoms with E-state index in [0.29, 0.717) is 6.07 Å². The van der Waals surface area contributed by atoms with Gasteiger partial charge in [-0.05, 0) is 0 Å². The number of nitrogens with zero attached hydrogens (tertiary/aromatic N) is 1. The van der Waals surface area contributed by atoms with Crippen molar-refractivity contribution in [2.45, 2.75) is 11.3 Å². The second-order valence-corrected chi connectivity index (χ2v) is 4.21. The molecule has 0 amide bonds. The molecule has 0 spiro atoms. The zero-order valence-electron chi connectivity index (χ0n) is 7.95. The second kappa shape index (κ2) is 4.26. The van der Waals surface area contributed by atoms with Crippen LogP contribution in [0.15, 0.2) is 11.0 Å². The molecule has 2 N–H and O–H groups in total. The summed E-state index contributed by atoms with van der Waals surface area (Å²) in [6.07, 6.45) is -3.04. The van der Waals surface area contributed by atoms with E-state index in [1.807, 2.05) is 0 Å². The van der Waals surface area contributed by atoms with E-state index in [1.54, 1.807) is 0 Å². The molecule has 90 valence electrons. The van der Waals surface area contributed by atoms with E-state index >= 15 is 0 Å². The van der Waals surface area contributed by atoms with Gasteiger partial charge in [0.1, 0.15) is 5.69 Å². The predicted octanol–water partition coefficient (Wildman–Crippen LogP) is 0.814. The summed E-state index contributed by atoms with van der Waals surface area (Å²) in [5.41, 5.74) is -0.929. The Balaban J connectivity index is 3.53. The molecule has 1 aromatic heterocycles. The Hall–Kier alpha value is -1.35. The van der Waals surface area contributed by atoms with Gasteiger partial charge in [0, 0.05) is 6.07 Å². The van der Waals surface area contributed by atoms with Crippen molar-refractivity contribution in [1.29, 1.82) is 0 Å². The van der Waals surface area contributed by atoms with Crippen LogP contribution in [0.1, 0.15) is 12.1 Å². The Morgan fingerprint density at radius 1 is 1.50 bits per heavy atom. The number of hydrogen-bond acceptors (Lipinski definition) is 4. The van der Waals surface area contributed by atoms with Gasteiger partial charge in [-0.3, -0.25) is 0 Å². The molecule has 0 bridgehead atoms. The third-order valence-electron chi connectivity index (χ3n) is 1.62. The maximum Gasteiger partial charge on any atom is 0.280 e. The van der Waals surface area contributed by atoms with Gasteiger partial charge in [0.2, 0.25) is 15.9 Å². The molecule has 0 aliphatic heterocycles. The monoisotopic (exact) mass is 256 g/mol. The molecule has 16 heavy (non-hydrogen) atoms. The van der Waals surface area contributed by atoms with Crippen LogP contribution in [0.2, 0.25) is 0 Å². The van der Waals surface area contributed by atoms with Crippen molar-refractivity contribution in [3.05, 3.63) is 17.6 Å². The van der Waals surface area contributed by atoms with Crippen LogP contribution in [-0.2, 0) is 10.0 Å². The number of aromatic nitrogens is 1. The van der Waals surface area contributed by atoms with Crippen molar-refractivity contribution in [2.24, 2.45) is 5.14 Å². The topological polar surface area (TPSA) is 82.3 Å². The van der Waals surface area contributed by atoms with Gasteiger partial charge in [-0.2, -0.15) is 0 Å². The second-order valence-electron chi connectivity index (χ2n) is 2.71. The van der Waals surface area contributed by atoms with E-state index < -0.39 is 38.7 Å². The number of nitrogens with two attached hydrogens (primary N) is 1. The lowest BCUT2D eigenvalue weighted by Crippen LogP contribution is -2.17. The van der Waals surface area contributed by atoms with Gasteiger partial charge < -0.3 is 4.74 Å². The van der Waals surface area contributed by atoms with Crippen molar-refractivity contribution < 1.29 is 26.3 Å². The molecule has 0 fully saturated rings. The Morgan fingerprint density at radius 3 is 2.44 bits per heavy atom. The van der Waals surface area contributed by atoms with Crippen LogP contribution in [0.5, 0.6) is 5.88 Å². The third-order valence-corrected chi connectivity index (χ3v) is 2.56. The number of rotatable bonds is 3. The Labute approximate surface area is 89.1 Å². The van der Waals surface area contributed by atoms with Gasteiger partial charge in [0.15, 0.2) is 10.7 Å². The Morgan fingerprint density at radius 2 is 2.06 bits per heavy atom. The number of ether oxygens (including phenoxy) is 1. The fourth-order valence-electron chi connectivity index (χ4n) is 1.01. The number of halogens is 3. The van der Waals surface area contributed by atoms with Crippen molar-refractivity contribution in [3.8, 4) is 5.88 Å². The molecule has 9 heteroatoms. The summed E-state index contributed by atoms with van der Waals surface area (Å²) in [6.45, 7) is 0. The van der Waals surface area contributed by atoms with Gasteiger partial charge in [-0.15, -0.1) is 0 Å². The fourth-order valence-corrected chi connectivity index (χ4v) is 1.71.